The Morgan fingerprint density at radius 3 is 0.833 bits per heavy atom. The lowest BCUT2D eigenvalue weighted by Crippen LogP contribution is -2.30. The molecule has 0 amide bonds. The molecule has 0 heterocycles. The molecule has 0 aliphatic heterocycles. The van der Waals surface area contributed by atoms with Crippen LogP contribution in [0.5, 0.6) is 0 Å². The number of unbranched alkanes of at least 4 members (excludes halogenated alkanes) is 36. The Morgan fingerprint density at radius 2 is 0.550 bits per heavy atom. The molecule has 0 N–H and O–H groups in total. The molecule has 0 saturated carbocycles. The van der Waals surface area contributed by atoms with Crippen molar-refractivity contribution in [1.82, 2.24) is 0 Å². The highest BCUT2D eigenvalue weighted by Crippen LogP contribution is 2.16. The predicted octanol–water partition coefficient (Wildman–Crippen LogP) is 17.4. The van der Waals surface area contributed by atoms with Gasteiger partial charge in [0.1, 0.15) is 13.2 Å². The largest absolute Gasteiger partial charge is 0.462 e. The smallest absolute Gasteiger partial charge is 0.306 e. The average molecular weight is 847 g/mol. The quantitative estimate of drug-likeness (QED) is 0.0263. The van der Waals surface area contributed by atoms with Gasteiger partial charge in [-0.3, -0.25) is 14.4 Å². The normalized spacial score (nSPS) is 12.0. The second-order valence-corrected chi connectivity index (χ2v) is 18.2. The van der Waals surface area contributed by atoms with Crippen molar-refractivity contribution in [2.75, 3.05) is 13.2 Å². The highest BCUT2D eigenvalue weighted by atomic mass is 16.6. The summed E-state index contributed by atoms with van der Waals surface area (Å²) in [7, 11) is 0. The van der Waals surface area contributed by atoms with Gasteiger partial charge < -0.3 is 14.2 Å². The minimum Gasteiger partial charge on any atom is -0.462 e. The molecule has 6 heteroatoms. The Kier molecular flexibility index (Phi) is 48.3. The predicted molar refractivity (Wildman–Crippen MR) is 256 cm³/mol. The van der Waals surface area contributed by atoms with E-state index >= 15 is 0 Å². The Balaban J connectivity index is 4.33. The van der Waals surface area contributed by atoms with Crippen molar-refractivity contribution in [3.8, 4) is 0 Å². The highest BCUT2D eigenvalue weighted by Gasteiger charge is 2.19. The third-order valence-electron chi connectivity index (χ3n) is 12.0. The molecule has 354 valence electrons. The maximum Gasteiger partial charge on any atom is 0.306 e. The van der Waals surface area contributed by atoms with Gasteiger partial charge in [-0.1, -0.05) is 245 Å². The van der Waals surface area contributed by atoms with Gasteiger partial charge in [0.25, 0.3) is 0 Å². The zero-order valence-corrected chi connectivity index (χ0v) is 40.5. The van der Waals surface area contributed by atoms with Gasteiger partial charge in [0.05, 0.1) is 0 Å². The summed E-state index contributed by atoms with van der Waals surface area (Å²) < 4.78 is 16.8. The minimum atomic E-state index is -0.766. The Morgan fingerprint density at radius 1 is 0.317 bits per heavy atom. The molecule has 0 saturated heterocycles. The van der Waals surface area contributed by atoms with Gasteiger partial charge in [-0.05, 0) is 44.9 Å². The summed E-state index contributed by atoms with van der Waals surface area (Å²) in [5.74, 6) is -0.858. The van der Waals surface area contributed by atoms with Crippen molar-refractivity contribution in [2.24, 2.45) is 0 Å². The van der Waals surface area contributed by atoms with E-state index in [1.165, 1.54) is 193 Å². The number of hydrogen-bond donors (Lipinski definition) is 0. The van der Waals surface area contributed by atoms with Gasteiger partial charge in [0, 0.05) is 19.3 Å². The second kappa shape index (κ2) is 49.8. The van der Waals surface area contributed by atoms with Crippen LogP contribution in [0.15, 0.2) is 12.2 Å². The van der Waals surface area contributed by atoms with E-state index in [9.17, 15) is 14.4 Å². The van der Waals surface area contributed by atoms with Crippen LogP contribution in [0.4, 0.5) is 0 Å². The van der Waals surface area contributed by atoms with Crippen LogP contribution in [-0.4, -0.2) is 37.2 Å². The van der Waals surface area contributed by atoms with E-state index in [1.54, 1.807) is 0 Å². The second-order valence-electron chi connectivity index (χ2n) is 18.2. The molecule has 0 bridgehead atoms. The number of rotatable bonds is 49. The van der Waals surface area contributed by atoms with Crippen molar-refractivity contribution in [2.45, 2.75) is 303 Å². The van der Waals surface area contributed by atoms with E-state index in [0.717, 1.165) is 64.2 Å². The lowest BCUT2D eigenvalue weighted by Gasteiger charge is -2.18. The number of carbonyl (C=O) groups excluding carboxylic acids is 3. The molecule has 0 aliphatic rings. The fraction of sp³-hybridized carbons (Fsp3) is 0.907. The minimum absolute atomic E-state index is 0.0671. The molecular weight excluding hydrogens is 745 g/mol. The maximum absolute atomic E-state index is 12.8. The van der Waals surface area contributed by atoms with Crippen molar-refractivity contribution in [3.05, 3.63) is 12.2 Å². The summed E-state index contributed by atoms with van der Waals surface area (Å²) in [4.78, 5) is 38.0. The number of hydrogen-bond acceptors (Lipinski definition) is 6. The molecule has 60 heavy (non-hydrogen) atoms. The van der Waals surface area contributed by atoms with E-state index in [1.807, 2.05) is 0 Å². The molecule has 0 aromatic rings. The van der Waals surface area contributed by atoms with Crippen molar-refractivity contribution >= 4 is 17.9 Å². The summed E-state index contributed by atoms with van der Waals surface area (Å²) in [5, 5.41) is 0. The van der Waals surface area contributed by atoms with Gasteiger partial charge >= 0.3 is 17.9 Å². The maximum atomic E-state index is 12.8. The van der Waals surface area contributed by atoms with E-state index in [2.05, 4.69) is 32.9 Å². The van der Waals surface area contributed by atoms with Crippen molar-refractivity contribution in [3.63, 3.8) is 0 Å². The molecule has 0 aromatic carbocycles. The van der Waals surface area contributed by atoms with Gasteiger partial charge in [0.15, 0.2) is 6.10 Å². The lowest BCUT2D eigenvalue weighted by atomic mass is 10.0. The van der Waals surface area contributed by atoms with Crippen LogP contribution in [0.2, 0.25) is 0 Å². The van der Waals surface area contributed by atoms with Crippen LogP contribution < -0.4 is 0 Å². The zero-order valence-electron chi connectivity index (χ0n) is 40.5. The molecule has 6 nitrogen and oxygen atoms in total. The molecule has 0 rings (SSSR count). The first-order valence-electron chi connectivity index (χ1n) is 26.7. The van der Waals surface area contributed by atoms with E-state index in [4.69, 9.17) is 14.2 Å². The third-order valence-corrected chi connectivity index (χ3v) is 12.0. The first-order valence-corrected chi connectivity index (χ1v) is 26.7. The Bertz CT molecular complexity index is 931. The van der Waals surface area contributed by atoms with Gasteiger partial charge in [0.2, 0.25) is 0 Å². The summed E-state index contributed by atoms with van der Waals surface area (Å²) in [5.41, 5.74) is 0. The van der Waals surface area contributed by atoms with E-state index in [0.29, 0.717) is 19.3 Å². The summed E-state index contributed by atoms with van der Waals surface area (Å²) in [6, 6.07) is 0. The Hall–Kier alpha value is -1.85. The topological polar surface area (TPSA) is 78.9 Å². The fourth-order valence-corrected chi connectivity index (χ4v) is 7.97. The first-order chi connectivity index (χ1) is 29.5. The fourth-order valence-electron chi connectivity index (χ4n) is 7.97. The summed E-state index contributed by atoms with van der Waals surface area (Å²) in [6.07, 6.45) is 54.8. The molecule has 0 unspecified atom stereocenters. The van der Waals surface area contributed by atoms with Crippen LogP contribution in [0, 0.1) is 0 Å². The van der Waals surface area contributed by atoms with Crippen molar-refractivity contribution < 1.29 is 28.6 Å². The average Bonchev–Trinajstić information content (AvgIpc) is 3.24. The first kappa shape index (κ1) is 58.1. The summed E-state index contributed by atoms with van der Waals surface area (Å²) >= 11 is 0. The summed E-state index contributed by atoms with van der Waals surface area (Å²) in [6.45, 7) is 6.66. The number of ether oxygens (including phenoxy) is 3. The molecule has 0 aromatic heterocycles. The number of esters is 3. The van der Waals surface area contributed by atoms with Crippen LogP contribution in [0.25, 0.3) is 0 Å². The van der Waals surface area contributed by atoms with Gasteiger partial charge in [-0.25, -0.2) is 0 Å². The van der Waals surface area contributed by atoms with Crippen LogP contribution in [0.1, 0.15) is 297 Å². The van der Waals surface area contributed by atoms with Gasteiger partial charge in [-0.15, -0.1) is 0 Å². The standard InChI is InChI=1S/C54H102O6/c1-4-7-10-13-16-19-22-25-27-28-30-32-35-38-41-44-47-53(56)59-50-51(49-58-52(55)46-43-40-37-34-31-24-21-18-15-12-9-6-3)60-54(57)48-45-42-39-36-33-29-26-23-20-17-14-11-8-5-2/h27-28,51H,4-26,29-50H2,1-3H3/b28-27-/t51-/m1/s1. The SMILES string of the molecule is CCCCCCCCC/C=C\CCCCCCCC(=O)OC[C@@H](COC(=O)CCCCCCCCCCCCCC)OC(=O)CCCCCCCCCCCCCCCC. The number of carbonyl (C=O) groups is 3. The monoisotopic (exact) mass is 847 g/mol. The molecule has 1 atom stereocenters. The number of allylic oxidation sites excluding steroid dienone is 2. The lowest BCUT2D eigenvalue weighted by molar-refractivity contribution is -0.167. The molecule has 0 radical (unpaired) electrons. The van der Waals surface area contributed by atoms with Crippen LogP contribution in [-0.2, 0) is 28.6 Å². The molecule has 0 spiro atoms. The van der Waals surface area contributed by atoms with Crippen molar-refractivity contribution in [1.29, 1.82) is 0 Å². The Labute approximate surface area is 373 Å². The van der Waals surface area contributed by atoms with E-state index in [-0.39, 0.29) is 31.1 Å². The molecular formula is C54H102O6. The molecule has 0 fully saturated rings. The highest BCUT2D eigenvalue weighted by molar-refractivity contribution is 5.71. The van der Waals surface area contributed by atoms with Crippen LogP contribution in [0.3, 0.4) is 0 Å². The molecule has 0 aliphatic carbocycles. The van der Waals surface area contributed by atoms with Gasteiger partial charge in [-0.2, -0.15) is 0 Å². The third kappa shape index (κ3) is 47.2. The van der Waals surface area contributed by atoms with Crippen LogP contribution >= 0.6 is 0 Å². The zero-order chi connectivity index (χ0) is 43.7. The van der Waals surface area contributed by atoms with E-state index < -0.39 is 6.10 Å².